The summed E-state index contributed by atoms with van der Waals surface area (Å²) in [7, 11) is 0. The highest BCUT2D eigenvalue weighted by atomic mass is 19.1. The fourth-order valence-corrected chi connectivity index (χ4v) is 4.86. The van der Waals surface area contributed by atoms with E-state index < -0.39 is 0 Å². The summed E-state index contributed by atoms with van der Waals surface area (Å²) >= 11 is 0. The second kappa shape index (κ2) is 8.84. The second-order valence-electron chi connectivity index (χ2n) is 8.78. The number of H-pyrrole nitrogens is 1. The minimum atomic E-state index is -0.324. The normalized spacial score (nSPS) is 19.0. The standard InChI is InChI=1S/C25H26F2N4O2/c26-19-1-4-21(5-2-19)29-9-11-30(12-10-29)25(33)18-13-24(32)31(16-18)8-7-17-15-28-23-6-3-20(27)14-22(17)23/h1-6,14-15,18,28H,7-13,16H2/t18-/m0/s1. The van der Waals surface area contributed by atoms with Crippen molar-refractivity contribution in [2.75, 3.05) is 44.2 Å². The number of hydrogen-bond acceptors (Lipinski definition) is 3. The molecule has 2 aliphatic heterocycles. The molecule has 6 nitrogen and oxygen atoms in total. The van der Waals surface area contributed by atoms with Crippen molar-refractivity contribution in [3.8, 4) is 0 Å². The molecule has 1 atom stereocenters. The van der Waals surface area contributed by atoms with Gasteiger partial charge in [0.25, 0.3) is 0 Å². The van der Waals surface area contributed by atoms with Crippen LogP contribution < -0.4 is 4.90 Å². The van der Waals surface area contributed by atoms with Gasteiger partial charge in [0, 0.05) is 68.5 Å². The number of aromatic nitrogens is 1. The molecule has 5 rings (SSSR count). The van der Waals surface area contributed by atoms with Crippen molar-refractivity contribution in [2.24, 2.45) is 5.92 Å². The highest BCUT2D eigenvalue weighted by Crippen LogP contribution is 2.25. The van der Waals surface area contributed by atoms with Crippen LogP contribution in [-0.2, 0) is 16.0 Å². The predicted octanol–water partition coefficient (Wildman–Crippen LogP) is 3.19. The zero-order chi connectivity index (χ0) is 22.9. The number of nitrogens with one attached hydrogen (secondary N) is 1. The number of anilines is 1. The smallest absolute Gasteiger partial charge is 0.228 e. The zero-order valence-corrected chi connectivity index (χ0v) is 18.3. The van der Waals surface area contributed by atoms with Gasteiger partial charge in [-0.05, 0) is 54.4 Å². The molecule has 3 heterocycles. The van der Waals surface area contributed by atoms with E-state index in [-0.39, 0.29) is 35.8 Å². The van der Waals surface area contributed by atoms with Crippen LogP contribution >= 0.6 is 0 Å². The first-order valence-corrected chi connectivity index (χ1v) is 11.3. The van der Waals surface area contributed by atoms with Crippen LogP contribution in [0.4, 0.5) is 14.5 Å². The summed E-state index contributed by atoms with van der Waals surface area (Å²) in [5.41, 5.74) is 2.78. The molecule has 0 saturated carbocycles. The molecule has 0 aliphatic carbocycles. The molecule has 3 aromatic rings. The first kappa shape index (κ1) is 21.4. The zero-order valence-electron chi connectivity index (χ0n) is 18.3. The van der Waals surface area contributed by atoms with E-state index in [1.165, 1.54) is 24.3 Å². The van der Waals surface area contributed by atoms with Gasteiger partial charge in [0.1, 0.15) is 11.6 Å². The van der Waals surface area contributed by atoms with E-state index in [1.807, 2.05) is 11.1 Å². The maximum atomic E-state index is 13.6. The van der Waals surface area contributed by atoms with E-state index in [2.05, 4.69) is 9.88 Å². The molecular weight excluding hydrogens is 426 g/mol. The highest BCUT2D eigenvalue weighted by molar-refractivity contribution is 5.89. The fraction of sp³-hybridized carbons (Fsp3) is 0.360. The van der Waals surface area contributed by atoms with Gasteiger partial charge in [-0.1, -0.05) is 0 Å². The number of piperazine rings is 1. The van der Waals surface area contributed by atoms with Gasteiger partial charge in [0.15, 0.2) is 0 Å². The fourth-order valence-electron chi connectivity index (χ4n) is 4.86. The Morgan fingerprint density at radius 2 is 1.73 bits per heavy atom. The van der Waals surface area contributed by atoms with Crippen molar-refractivity contribution in [1.82, 2.24) is 14.8 Å². The molecule has 1 N–H and O–H groups in total. The quantitative estimate of drug-likeness (QED) is 0.647. The first-order chi connectivity index (χ1) is 16.0. The average molecular weight is 453 g/mol. The molecule has 8 heteroatoms. The lowest BCUT2D eigenvalue weighted by molar-refractivity contribution is -0.136. The number of aromatic amines is 1. The predicted molar refractivity (Wildman–Crippen MR) is 122 cm³/mol. The first-order valence-electron chi connectivity index (χ1n) is 11.3. The molecule has 2 fully saturated rings. The van der Waals surface area contributed by atoms with Crippen molar-refractivity contribution < 1.29 is 18.4 Å². The number of rotatable bonds is 5. The van der Waals surface area contributed by atoms with E-state index in [1.54, 1.807) is 23.1 Å². The number of nitrogens with zero attached hydrogens (tertiary/aromatic N) is 3. The van der Waals surface area contributed by atoms with Crippen LogP contribution in [0.2, 0.25) is 0 Å². The molecular formula is C25H26F2N4O2. The molecule has 2 aliphatic rings. The summed E-state index contributed by atoms with van der Waals surface area (Å²) in [5.74, 6) is -0.857. The van der Waals surface area contributed by atoms with Gasteiger partial charge in [-0.3, -0.25) is 9.59 Å². The molecule has 1 aromatic heterocycles. The average Bonchev–Trinajstić information content (AvgIpc) is 3.40. The Balaban J connectivity index is 1.15. The third kappa shape index (κ3) is 4.42. The summed E-state index contributed by atoms with van der Waals surface area (Å²) < 4.78 is 26.8. The van der Waals surface area contributed by atoms with E-state index in [4.69, 9.17) is 0 Å². The number of fused-ring (bicyclic) bond motifs is 1. The topological polar surface area (TPSA) is 59.7 Å². The van der Waals surface area contributed by atoms with Gasteiger partial charge in [-0.2, -0.15) is 0 Å². The Hall–Kier alpha value is -3.42. The lowest BCUT2D eigenvalue weighted by Crippen LogP contribution is -2.50. The molecule has 0 bridgehead atoms. The van der Waals surface area contributed by atoms with Gasteiger partial charge >= 0.3 is 0 Å². The Bertz CT molecular complexity index is 1170. The number of halogens is 2. The third-order valence-electron chi connectivity index (χ3n) is 6.73. The monoisotopic (exact) mass is 452 g/mol. The Morgan fingerprint density at radius 3 is 2.48 bits per heavy atom. The number of hydrogen-bond donors (Lipinski definition) is 1. The molecule has 2 saturated heterocycles. The Labute approximate surface area is 190 Å². The van der Waals surface area contributed by atoms with Crippen molar-refractivity contribution >= 4 is 28.4 Å². The molecule has 33 heavy (non-hydrogen) atoms. The third-order valence-corrected chi connectivity index (χ3v) is 6.73. The van der Waals surface area contributed by atoms with Gasteiger partial charge in [-0.15, -0.1) is 0 Å². The van der Waals surface area contributed by atoms with Crippen LogP contribution in [0, 0.1) is 17.6 Å². The summed E-state index contributed by atoms with van der Waals surface area (Å²) in [6.07, 6.45) is 2.69. The largest absolute Gasteiger partial charge is 0.368 e. The highest BCUT2D eigenvalue weighted by Gasteiger charge is 2.37. The summed E-state index contributed by atoms with van der Waals surface area (Å²) in [6, 6.07) is 11.0. The number of likely N-dealkylation sites (tertiary alicyclic amines) is 1. The van der Waals surface area contributed by atoms with Crippen LogP contribution in [0.15, 0.2) is 48.7 Å². The summed E-state index contributed by atoms with van der Waals surface area (Å²) in [6.45, 7) is 3.46. The van der Waals surface area contributed by atoms with Crippen LogP contribution in [0.3, 0.4) is 0 Å². The van der Waals surface area contributed by atoms with Crippen LogP contribution in [-0.4, -0.2) is 65.9 Å². The SMILES string of the molecule is O=C1C[C@H](C(=O)N2CCN(c3ccc(F)cc3)CC2)CN1CCc1c[nH]c2ccc(F)cc12. The number of amides is 2. The van der Waals surface area contributed by atoms with Crippen LogP contribution in [0.5, 0.6) is 0 Å². The van der Waals surface area contributed by atoms with E-state index in [0.29, 0.717) is 45.7 Å². The van der Waals surface area contributed by atoms with Crippen molar-refractivity contribution in [2.45, 2.75) is 12.8 Å². The van der Waals surface area contributed by atoms with E-state index in [0.717, 1.165) is 22.2 Å². The van der Waals surface area contributed by atoms with Crippen LogP contribution in [0.1, 0.15) is 12.0 Å². The lowest BCUT2D eigenvalue weighted by atomic mass is 10.1. The van der Waals surface area contributed by atoms with Gasteiger partial charge in [-0.25, -0.2) is 8.78 Å². The Kier molecular flexibility index (Phi) is 5.74. The summed E-state index contributed by atoms with van der Waals surface area (Å²) in [4.78, 5) is 34.5. The second-order valence-corrected chi connectivity index (χ2v) is 8.78. The van der Waals surface area contributed by atoms with Crippen LogP contribution in [0.25, 0.3) is 10.9 Å². The van der Waals surface area contributed by atoms with Gasteiger partial charge in [0.2, 0.25) is 11.8 Å². The van der Waals surface area contributed by atoms with Gasteiger partial charge < -0.3 is 19.7 Å². The molecule has 2 amide bonds. The molecule has 0 spiro atoms. The molecule has 0 unspecified atom stereocenters. The number of carbonyl (C=O) groups is 2. The minimum absolute atomic E-state index is 0.00989. The van der Waals surface area contributed by atoms with Gasteiger partial charge in [0.05, 0.1) is 5.92 Å². The van der Waals surface area contributed by atoms with Crippen molar-refractivity contribution in [1.29, 1.82) is 0 Å². The van der Waals surface area contributed by atoms with E-state index in [9.17, 15) is 18.4 Å². The molecule has 0 radical (unpaired) electrons. The maximum absolute atomic E-state index is 13.6. The molecule has 172 valence electrons. The van der Waals surface area contributed by atoms with E-state index >= 15 is 0 Å². The summed E-state index contributed by atoms with van der Waals surface area (Å²) in [5, 5.41) is 0.827. The lowest BCUT2D eigenvalue weighted by Gasteiger charge is -2.37. The van der Waals surface area contributed by atoms with Crippen molar-refractivity contribution in [3.63, 3.8) is 0 Å². The number of benzene rings is 2. The number of carbonyl (C=O) groups excluding carboxylic acids is 2. The maximum Gasteiger partial charge on any atom is 0.228 e. The Morgan fingerprint density at radius 1 is 1.00 bits per heavy atom. The minimum Gasteiger partial charge on any atom is -0.368 e. The molecule has 2 aromatic carbocycles. The van der Waals surface area contributed by atoms with Crippen molar-refractivity contribution in [3.05, 3.63) is 65.9 Å².